The number of nitrogens with one attached hydrogen (secondary N) is 1. The number of anilines is 1. The van der Waals surface area contributed by atoms with E-state index in [0.29, 0.717) is 13.1 Å². The van der Waals surface area contributed by atoms with Crippen molar-refractivity contribution in [1.29, 1.82) is 0 Å². The minimum Gasteiger partial charge on any atom is -0.352 e. The quantitative estimate of drug-likeness (QED) is 0.874. The van der Waals surface area contributed by atoms with Crippen LogP contribution in [0, 0.1) is 12.8 Å². The Morgan fingerprint density at radius 2 is 1.92 bits per heavy atom. The van der Waals surface area contributed by atoms with E-state index >= 15 is 0 Å². The highest BCUT2D eigenvalue weighted by Gasteiger charge is 2.35. The van der Waals surface area contributed by atoms with Gasteiger partial charge in [0.1, 0.15) is 0 Å². The van der Waals surface area contributed by atoms with Crippen molar-refractivity contribution in [2.75, 3.05) is 11.4 Å². The summed E-state index contributed by atoms with van der Waals surface area (Å²) >= 11 is 3.46. The van der Waals surface area contributed by atoms with Crippen molar-refractivity contribution in [2.24, 2.45) is 5.92 Å². The second kappa shape index (κ2) is 7.18. The molecular formula is C19H19BrN2O2. The molecule has 1 aliphatic heterocycles. The summed E-state index contributed by atoms with van der Waals surface area (Å²) in [5.74, 6) is -0.397. The standard InChI is InChI=1S/C19H19BrN2O2/c1-13-6-8-14(9-7-13)11-21-19(24)15-10-18(23)22(12-15)17-5-3-2-4-16(17)20/h2-9,15H,10-12H2,1H3,(H,21,24). The van der Waals surface area contributed by atoms with Crippen LogP contribution in [0.2, 0.25) is 0 Å². The highest BCUT2D eigenvalue weighted by atomic mass is 79.9. The second-order valence-electron chi connectivity index (χ2n) is 6.06. The van der Waals surface area contributed by atoms with Gasteiger partial charge in [-0.2, -0.15) is 0 Å². The van der Waals surface area contributed by atoms with Crippen molar-refractivity contribution in [2.45, 2.75) is 19.9 Å². The van der Waals surface area contributed by atoms with Gasteiger partial charge in [0.2, 0.25) is 11.8 Å². The number of hydrogen-bond acceptors (Lipinski definition) is 2. The fourth-order valence-electron chi connectivity index (χ4n) is 2.83. The lowest BCUT2D eigenvalue weighted by Crippen LogP contribution is -2.32. The first kappa shape index (κ1) is 16.7. The van der Waals surface area contributed by atoms with E-state index in [9.17, 15) is 9.59 Å². The van der Waals surface area contributed by atoms with Crippen LogP contribution in [0.4, 0.5) is 5.69 Å². The monoisotopic (exact) mass is 386 g/mol. The molecule has 5 heteroatoms. The zero-order valence-corrected chi connectivity index (χ0v) is 15.0. The molecule has 2 aromatic rings. The second-order valence-corrected chi connectivity index (χ2v) is 6.91. The molecule has 124 valence electrons. The molecule has 1 aliphatic rings. The van der Waals surface area contributed by atoms with E-state index in [1.54, 1.807) is 4.90 Å². The van der Waals surface area contributed by atoms with Gasteiger partial charge in [0.05, 0.1) is 11.6 Å². The van der Waals surface area contributed by atoms with Crippen molar-refractivity contribution in [3.05, 3.63) is 64.1 Å². The third-order valence-corrected chi connectivity index (χ3v) is 4.90. The zero-order chi connectivity index (χ0) is 17.1. The van der Waals surface area contributed by atoms with Crippen LogP contribution in [0.5, 0.6) is 0 Å². The Kier molecular flexibility index (Phi) is 5.00. The lowest BCUT2D eigenvalue weighted by atomic mass is 10.1. The molecular weight excluding hydrogens is 368 g/mol. The number of hydrogen-bond donors (Lipinski definition) is 1. The number of aryl methyl sites for hydroxylation is 1. The fraction of sp³-hybridized carbons (Fsp3) is 0.263. The van der Waals surface area contributed by atoms with Gasteiger partial charge in [-0.15, -0.1) is 0 Å². The number of carbonyl (C=O) groups excluding carboxylic acids is 2. The van der Waals surface area contributed by atoms with Crippen LogP contribution in [-0.2, 0) is 16.1 Å². The van der Waals surface area contributed by atoms with Gasteiger partial charge in [-0.1, -0.05) is 42.0 Å². The summed E-state index contributed by atoms with van der Waals surface area (Å²) in [6, 6.07) is 15.6. The van der Waals surface area contributed by atoms with Crippen LogP contribution in [0.3, 0.4) is 0 Å². The Morgan fingerprint density at radius 1 is 1.21 bits per heavy atom. The van der Waals surface area contributed by atoms with E-state index in [2.05, 4.69) is 21.2 Å². The largest absolute Gasteiger partial charge is 0.352 e. The zero-order valence-electron chi connectivity index (χ0n) is 13.5. The fourth-order valence-corrected chi connectivity index (χ4v) is 3.32. The normalized spacial score (nSPS) is 17.2. The van der Waals surface area contributed by atoms with E-state index < -0.39 is 0 Å². The van der Waals surface area contributed by atoms with E-state index in [1.807, 2.05) is 55.5 Å². The number of nitrogens with zero attached hydrogens (tertiary/aromatic N) is 1. The third kappa shape index (κ3) is 3.67. The molecule has 0 aromatic heterocycles. The molecule has 2 amide bonds. The number of benzene rings is 2. The predicted octanol–water partition coefficient (Wildman–Crippen LogP) is 3.43. The van der Waals surface area contributed by atoms with Gasteiger partial charge in [0, 0.05) is 24.0 Å². The van der Waals surface area contributed by atoms with Crippen molar-refractivity contribution in [3.63, 3.8) is 0 Å². The van der Waals surface area contributed by atoms with E-state index in [1.165, 1.54) is 5.56 Å². The Morgan fingerprint density at radius 3 is 2.62 bits per heavy atom. The topological polar surface area (TPSA) is 49.4 Å². The number of halogens is 1. The molecule has 1 fully saturated rings. The number of para-hydroxylation sites is 1. The Balaban J connectivity index is 1.62. The SMILES string of the molecule is Cc1ccc(CNC(=O)C2CC(=O)N(c3ccccc3Br)C2)cc1. The highest BCUT2D eigenvalue weighted by molar-refractivity contribution is 9.10. The van der Waals surface area contributed by atoms with Gasteiger partial charge in [0.25, 0.3) is 0 Å². The summed E-state index contributed by atoms with van der Waals surface area (Å²) in [7, 11) is 0. The number of carbonyl (C=O) groups is 2. The average Bonchev–Trinajstić information content (AvgIpc) is 2.96. The highest BCUT2D eigenvalue weighted by Crippen LogP contribution is 2.31. The Hall–Kier alpha value is -2.14. The molecule has 0 saturated carbocycles. The summed E-state index contributed by atoms with van der Waals surface area (Å²) in [6.07, 6.45) is 0.251. The van der Waals surface area contributed by atoms with Crippen LogP contribution in [0.1, 0.15) is 17.5 Å². The van der Waals surface area contributed by atoms with E-state index in [0.717, 1.165) is 15.7 Å². The maximum Gasteiger partial charge on any atom is 0.227 e. The van der Waals surface area contributed by atoms with Crippen molar-refractivity contribution >= 4 is 33.4 Å². The summed E-state index contributed by atoms with van der Waals surface area (Å²) < 4.78 is 0.860. The first-order valence-electron chi connectivity index (χ1n) is 7.93. The van der Waals surface area contributed by atoms with Crippen LogP contribution in [0.25, 0.3) is 0 Å². The van der Waals surface area contributed by atoms with E-state index in [-0.39, 0.29) is 24.2 Å². The summed E-state index contributed by atoms with van der Waals surface area (Å²) in [6.45, 7) is 2.93. The Bertz CT molecular complexity index is 758. The van der Waals surface area contributed by atoms with E-state index in [4.69, 9.17) is 0 Å². The lowest BCUT2D eigenvalue weighted by Gasteiger charge is -2.18. The molecule has 0 aliphatic carbocycles. The minimum absolute atomic E-state index is 0.0163. The van der Waals surface area contributed by atoms with Crippen LogP contribution < -0.4 is 10.2 Å². The number of rotatable bonds is 4. The van der Waals surface area contributed by atoms with Crippen molar-refractivity contribution < 1.29 is 9.59 Å². The molecule has 0 radical (unpaired) electrons. The third-order valence-electron chi connectivity index (χ3n) is 4.23. The molecule has 4 nitrogen and oxygen atoms in total. The molecule has 2 aromatic carbocycles. The van der Waals surface area contributed by atoms with Gasteiger partial charge in [-0.05, 0) is 40.5 Å². The molecule has 1 unspecified atom stereocenters. The predicted molar refractivity (Wildman–Crippen MR) is 97.6 cm³/mol. The smallest absolute Gasteiger partial charge is 0.227 e. The van der Waals surface area contributed by atoms with Gasteiger partial charge >= 0.3 is 0 Å². The number of amides is 2. The first-order valence-corrected chi connectivity index (χ1v) is 8.72. The van der Waals surface area contributed by atoms with Gasteiger partial charge < -0.3 is 10.2 Å². The maximum atomic E-state index is 12.4. The average molecular weight is 387 g/mol. The van der Waals surface area contributed by atoms with Crippen LogP contribution in [-0.4, -0.2) is 18.4 Å². The Labute approximate surface area is 150 Å². The molecule has 0 bridgehead atoms. The van der Waals surface area contributed by atoms with Gasteiger partial charge in [-0.25, -0.2) is 0 Å². The minimum atomic E-state index is -0.310. The van der Waals surface area contributed by atoms with Crippen LogP contribution in [0.15, 0.2) is 53.0 Å². The maximum absolute atomic E-state index is 12.4. The van der Waals surface area contributed by atoms with Crippen LogP contribution >= 0.6 is 15.9 Å². The van der Waals surface area contributed by atoms with Gasteiger partial charge in [-0.3, -0.25) is 9.59 Å². The van der Waals surface area contributed by atoms with Crippen molar-refractivity contribution in [3.8, 4) is 0 Å². The van der Waals surface area contributed by atoms with Crippen molar-refractivity contribution in [1.82, 2.24) is 5.32 Å². The molecule has 1 N–H and O–H groups in total. The molecule has 24 heavy (non-hydrogen) atoms. The summed E-state index contributed by atoms with van der Waals surface area (Å²) in [5.41, 5.74) is 3.06. The molecule has 3 rings (SSSR count). The molecule has 0 spiro atoms. The lowest BCUT2D eigenvalue weighted by molar-refractivity contribution is -0.126. The first-order chi connectivity index (χ1) is 11.5. The van der Waals surface area contributed by atoms with Gasteiger partial charge in [0.15, 0.2) is 0 Å². The molecule has 1 heterocycles. The summed E-state index contributed by atoms with van der Waals surface area (Å²) in [5, 5.41) is 2.94. The molecule has 1 atom stereocenters. The molecule has 1 saturated heterocycles. The summed E-state index contributed by atoms with van der Waals surface area (Å²) in [4.78, 5) is 26.4.